The lowest BCUT2D eigenvalue weighted by Gasteiger charge is -2.42. The monoisotopic (exact) mass is 296 g/mol. The van der Waals surface area contributed by atoms with E-state index in [0.717, 1.165) is 0 Å². The summed E-state index contributed by atoms with van der Waals surface area (Å²) in [6, 6.07) is 0. The van der Waals surface area contributed by atoms with Crippen LogP contribution in [0.2, 0.25) is 0 Å². The smallest absolute Gasteiger partial charge is 0.189 e. The van der Waals surface area contributed by atoms with Crippen molar-refractivity contribution >= 4 is 0 Å². The molecule has 9 atom stereocenters. The summed E-state index contributed by atoms with van der Waals surface area (Å²) in [5.74, 6) is 0. The Hall–Kier alpha value is -0.360. The van der Waals surface area contributed by atoms with Gasteiger partial charge in [-0.25, -0.2) is 0 Å². The summed E-state index contributed by atoms with van der Waals surface area (Å²) in [5.41, 5.74) is 0. The molecular weight excluding hydrogens is 276 g/mol. The van der Waals surface area contributed by atoms with Crippen molar-refractivity contribution < 1.29 is 44.8 Å². The Labute approximate surface area is 114 Å². The van der Waals surface area contributed by atoms with Gasteiger partial charge in [-0.1, -0.05) is 0 Å². The predicted molar refractivity (Wildman–Crippen MR) is 61.2 cm³/mol. The molecule has 0 radical (unpaired) electrons. The first-order valence-corrected chi connectivity index (χ1v) is 6.34. The van der Waals surface area contributed by atoms with Gasteiger partial charge in [0, 0.05) is 0 Å². The van der Waals surface area contributed by atoms with E-state index in [4.69, 9.17) is 14.2 Å². The molecule has 0 saturated carbocycles. The summed E-state index contributed by atoms with van der Waals surface area (Å²) in [6.07, 6.45) is -12.0. The highest BCUT2D eigenvalue weighted by Gasteiger charge is 2.46. The van der Waals surface area contributed by atoms with Crippen molar-refractivity contribution in [2.24, 2.45) is 0 Å². The lowest BCUT2D eigenvalue weighted by Crippen LogP contribution is -2.60. The molecule has 0 aromatic heterocycles. The van der Waals surface area contributed by atoms with E-state index in [1.807, 2.05) is 0 Å². The van der Waals surface area contributed by atoms with E-state index < -0.39 is 55.3 Å². The van der Waals surface area contributed by atoms with Crippen molar-refractivity contribution in [3.05, 3.63) is 0 Å². The maximum absolute atomic E-state index is 9.75. The van der Waals surface area contributed by atoms with Crippen molar-refractivity contribution in [1.29, 1.82) is 0 Å². The van der Waals surface area contributed by atoms with Crippen LogP contribution in [0, 0.1) is 0 Å². The van der Waals surface area contributed by atoms with E-state index in [1.165, 1.54) is 6.92 Å². The van der Waals surface area contributed by atoms with Crippen LogP contribution in [0.25, 0.3) is 0 Å². The zero-order valence-electron chi connectivity index (χ0n) is 10.8. The first-order valence-electron chi connectivity index (χ1n) is 6.34. The highest BCUT2D eigenvalue weighted by atomic mass is 16.8. The number of rotatable bonds is 2. The van der Waals surface area contributed by atoms with Crippen molar-refractivity contribution in [2.45, 2.75) is 62.2 Å². The first-order chi connectivity index (χ1) is 9.32. The molecule has 0 amide bonds. The second kappa shape index (κ2) is 6.18. The largest absolute Gasteiger partial charge is 0.388 e. The molecule has 2 aliphatic rings. The fourth-order valence-corrected chi connectivity index (χ4v) is 2.16. The van der Waals surface area contributed by atoms with Crippen LogP contribution in [0.15, 0.2) is 0 Å². The molecule has 2 saturated heterocycles. The van der Waals surface area contributed by atoms with Crippen molar-refractivity contribution in [3.8, 4) is 0 Å². The summed E-state index contributed by atoms with van der Waals surface area (Å²) in [6.45, 7) is 1.22. The Balaban J connectivity index is 1.99. The number of ether oxygens (including phenoxy) is 3. The number of aliphatic hydroxyl groups is 6. The second-order valence-corrected chi connectivity index (χ2v) is 5.07. The van der Waals surface area contributed by atoms with Gasteiger partial charge in [-0.15, -0.1) is 0 Å². The van der Waals surface area contributed by atoms with Crippen LogP contribution < -0.4 is 0 Å². The molecule has 0 spiro atoms. The molecule has 0 aromatic carbocycles. The van der Waals surface area contributed by atoms with Gasteiger partial charge in [-0.2, -0.15) is 0 Å². The lowest BCUT2D eigenvalue weighted by molar-refractivity contribution is -0.361. The van der Waals surface area contributed by atoms with Crippen molar-refractivity contribution in [3.63, 3.8) is 0 Å². The predicted octanol–water partition coefficient (Wildman–Crippen LogP) is -3.73. The minimum atomic E-state index is -1.54. The van der Waals surface area contributed by atoms with Gasteiger partial charge < -0.3 is 44.8 Å². The molecule has 20 heavy (non-hydrogen) atoms. The summed E-state index contributed by atoms with van der Waals surface area (Å²) in [7, 11) is 0. The highest BCUT2D eigenvalue weighted by Crippen LogP contribution is 2.25. The maximum atomic E-state index is 9.75. The number of hydrogen-bond acceptors (Lipinski definition) is 9. The van der Waals surface area contributed by atoms with Gasteiger partial charge in [0.1, 0.15) is 36.6 Å². The molecule has 0 aliphatic carbocycles. The van der Waals surface area contributed by atoms with Crippen LogP contribution in [0.1, 0.15) is 6.92 Å². The van der Waals surface area contributed by atoms with E-state index in [9.17, 15) is 30.6 Å². The SMILES string of the molecule is C[C@@H]1O[C@@H](O[C@@H]2OC[C@@H](O)[C@H](O)[C@H]2O)[C@H](O)[C@H](O)[C@H]1O. The molecule has 0 bridgehead atoms. The summed E-state index contributed by atoms with van der Waals surface area (Å²) >= 11 is 0. The summed E-state index contributed by atoms with van der Waals surface area (Å²) in [5, 5.41) is 57.4. The van der Waals surface area contributed by atoms with Crippen LogP contribution in [0.4, 0.5) is 0 Å². The van der Waals surface area contributed by atoms with Crippen LogP contribution in [-0.4, -0.2) is 92.6 Å². The van der Waals surface area contributed by atoms with Crippen LogP contribution >= 0.6 is 0 Å². The van der Waals surface area contributed by atoms with E-state index in [0.29, 0.717) is 0 Å². The fourth-order valence-electron chi connectivity index (χ4n) is 2.16. The standard InChI is InChI=1S/C11H20O9/c1-3-5(13)7(15)9(17)11(19-3)20-10-8(16)6(14)4(12)2-18-10/h3-17H,2H2,1H3/t3-,4+,5-,6-,7+,8+,9+,10-,11-/m0/s1. The summed E-state index contributed by atoms with van der Waals surface area (Å²) < 4.78 is 15.4. The van der Waals surface area contributed by atoms with E-state index in [-0.39, 0.29) is 6.61 Å². The van der Waals surface area contributed by atoms with Gasteiger partial charge >= 0.3 is 0 Å². The van der Waals surface area contributed by atoms with E-state index >= 15 is 0 Å². The van der Waals surface area contributed by atoms with Crippen molar-refractivity contribution in [1.82, 2.24) is 0 Å². The topological polar surface area (TPSA) is 149 Å². The molecular formula is C11H20O9. The molecule has 2 aliphatic heterocycles. The number of aliphatic hydroxyl groups excluding tert-OH is 6. The van der Waals surface area contributed by atoms with Gasteiger partial charge in [-0.05, 0) is 6.92 Å². The molecule has 2 heterocycles. The van der Waals surface area contributed by atoms with Crippen LogP contribution in [0.3, 0.4) is 0 Å². The van der Waals surface area contributed by atoms with Gasteiger partial charge in [0.2, 0.25) is 0 Å². The molecule has 0 unspecified atom stereocenters. The van der Waals surface area contributed by atoms with Gasteiger partial charge in [-0.3, -0.25) is 0 Å². The average molecular weight is 296 g/mol. The van der Waals surface area contributed by atoms with Gasteiger partial charge in [0.15, 0.2) is 12.6 Å². The zero-order chi connectivity index (χ0) is 15.0. The van der Waals surface area contributed by atoms with Crippen molar-refractivity contribution in [2.75, 3.05) is 6.61 Å². The Bertz CT molecular complexity index is 327. The normalized spacial score (nSPS) is 53.9. The Morgan fingerprint density at radius 1 is 0.800 bits per heavy atom. The highest BCUT2D eigenvalue weighted by molar-refractivity contribution is 4.89. The Kier molecular flexibility index (Phi) is 4.95. The third kappa shape index (κ3) is 2.96. The van der Waals surface area contributed by atoms with E-state index in [2.05, 4.69) is 0 Å². The molecule has 118 valence electrons. The Morgan fingerprint density at radius 2 is 1.40 bits per heavy atom. The molecule has 2 fully saturated rings. The van der Waals surface area contributed by atoms with Gasteiger partial charge in [0.25, 0.3) is 0 Å². The minimum Gasteiger partial charge on any atom is -0.388 e. The third-order valence-electron chi connectivity index (χ3n) is 3.53. The van der Waals surface area contributed by atoms with Crippen LogP contribution in [-0.2, 0) is 14.2 Å². The first kappa shape index (κ1) is 16.0. The lowest BCUT2D eigenvalue weighted by atomic mass is 10.00. The Morgan fingerprint density at radius 3 is 2.05 bits per heavy atom. The zero-order valence-corrected chi connectivity index (χ0v) is 10.8. The average Bonchev–Trinajstić information content (AvgIpc) is 2.42. The van der Waals surface area contributed by atoms with E-state index in [1.54, 1.807) is 0 Å². The molecule has 9 heteroatoms. The molecule has 6 N–H and O–H groups in total. The number of hydrogen-bond donors (Lipinski definition) is 6. The third-order valence-corrected chi connectivity index (χ3v) is 3.53. The minimum absolute atomic E-state index is 0.257. The molecule has 0 aromatic rings. The summed E-state index contributed by atoms with van der Waals surface area (Å²) in [4.78, 5) is 0. The maximum Gasteiger partial charge on any atom is 0.189 e. The molecule has 2 rings (SSSR count). The quantitative estimate of drug-likeness (QED) is 0.302. The van der Waals surface area contributed by atoms with Crippen LogP contribution in [0.5, 0.6) is 0 Å². The second-order valence-electron chi connectivity index (χ2n) is 5.07. The molecule has 9 nitrogen and oxygen atoms in total. The fraction of sp³-hybridized carbons (Fsp3) is 1.00. The van der Waals surface area contributed by atoms with Gasteiger partial charge in [0.05, 0.1) is 12.7 Å².